The topological polar surface area (TPSA) is 59.4 Å². The van der Waals surface area contributed by atoms with Gasteiger partial charge in [-0.15, -0.1) is 0 Å². The fourth-order valence-electron chi connectivity index (χ4n) is 3.33. The minimum absolute atomic E-state index is 0.0495. The van der Waals surface area contributed by atoms with Gasteiger partial charge in [0, 0.05) is 37.6 Å². The second-order valence-electron chi connectivity index (χ2n) is 7.11. The van der Waals surface area contributed by atoms with Gasteiger partial charge in [-0.25, -0.2) is 4.68 Å². The summed E-state index contributed by atoms with van der Waals surface area (Å²) in [6.45, 7) is 7.70. The van der Waals surface area contributed by atoms with Crippen LogP contribution in [-0.4, -0.2) is 56.2 Å². The average Bonchev–Trinajstić information content (AvgIpc) is 3.26. The number of carbonyl (C=O) groups excluding carboxylic acids is 1. The number of para-hydroxylation sites is 1. The summed E-state index contributed by atoms with van der Waals surface area (Å²) in [6.07, 6.45) is 1.79. The number of piperazine rings is 1. The van der Waals surface area contributed by atoms with Crippen LogP contribution in [-0.2, 0) is 6.67 Å². The SMILES string of the molecule is CC(C)n1cnn(CN2CCN(C(=O)c3cc4ccccc4o3)CC2)c1=S. The van der Waals surface area contributed by atoms with E-state index in [0.29, 0.717) is 31.6 Å². The van der Waals surface area contributed by atoms with Gasteiger partial charge in [-0.05, 0) is 38.2 Å². The van der Waals surface area contributed by atoms with Crippen LogP contribution in [0.2, 0.25) is 0 Å². The van der Waals surface area contributed by atoms with E-state index in [-0.39, 0.29) is 5.91 Å². The molecule has 0 bridgehead atoms. The van der Waals surface area contributed by atoms with Gasteiger partial charge in [0.2, 0.25) is 0 Å². The van der Waals surface area contributed by atoms with E-state index < -0.39 is 0 Å². The zero-order valence-corrected chi connectivity index (χ0v) is 16.4. The fourth-order valence-corrected chi connectivity index (χ4v) is 3.69. The molecule has 1 saturated heterocycles. The molecule has 4 rings (SSSR count). The summed E-state index contributed by atoms with van der Waals surface area (Å²) < 4.78 is 10.3. The van der Waals surface area contributed by atoms with Crippen LogP contribution in [0.5, 0.6) is 0 Å². The quantitative estimate of drug-likeness (QED) is 0.646. The van der Waals surface area contributed by atoms with Gasteiger partial charge in [-0.2, -0.15) is 5.10 Å². The van der Waals surface area contributed by atoms with Crippen LogP contribution in [0.25, 0.3) is 11.0 Å². The van der Waals surface area contributed by atoms with Crippen LogP contribution in [0.3, 0.4) is 0 Å². The summed E-state index contributed by atoms with van der Waals surface area (Å²) in [5.41, 5.74) is 0.745. The molecule has 3 aromatic rings. The first-order chi connectivity index (χ1) is 13.0. The molecule has 142 valence electrons. The van der Waals surface area contributed by atoms with E-state index in [9.17, 15) is 4.79 Å². The maximum absolute atomic E-state index is 12.7. The molecule has 0 spiro atoms. The van der Waals surface area contributed by atoms with Crippen LogP contribution in [0, 0.1) is 4.77 Å². The predicted octanol–water partition coefficient (Wildman–Crippen LogP) is 3.16. The van der Waals surface area contributed by atoms with Crippen molar-refractivity contribution < 1.29 is 9.21 Å². The Hall–Kier alpha value is -2.45. The first-order valence-corrected chi connectivity index (χ1v) is 9.58. The van der Waals surface area contributed by atoms with Crippen LogP contribution in [0.1, 0.15) is 30.4 Å². The lowest BCUT2D eigenvalue weighted by Crippen LogP contribution is -2.49. The van der Waals surface area contributed by atoms with Crippen molar-refractivity contribution in [3.63, 3.8) is 0 Å². The van der Waals surface area contributed by atoms with Crippen molar-refractivity contribution in [2.75, 3.05) is 26.2 Å². The van der Waals surface area contributed by atoms with E-state index in [0.717, 1.165) is 28.8 Å². The maximum Gasteiger partial charge on any atom is 0.289 e. The molecule has 0 N–H and O–H groups in total. The minimum atomic E-state index is -0.0495. The van der Waals surface area contributed by atoms with Crippen LogP contribution >= 0.6 is 12.2 Å². The smallest absolute Gasteiger partial charge is 0.289 e. The van der Waals surface area contributed by atoms with Crippen molar-refractivity contribution in [2.45, 2.75) is 26.6 Å². The maximum atomic E-state index is 12.7. The third-order valence-electron chi connectivity index (χ3n) is 4.94. The Labute approximate surface area is 162 Å². The number of hydrogen-bond acceptors (Lipinski definition) is 5. The molecule has 1 aliphatic rings. The van der Waals surface area contributed by atoms with Gasteiger partial charge >= 0.3 is 0 Å². The number of amides is 1. The third-order valence-corrected chi connectivity index (χ3v) is 5.36. The average molecular weight is 385 g/mol. The van der Waals surface area contributed by atoms with Crippen molar-refractivity contribution in [1.82, 2.24) is 24.1 Å². The van der Waals surface area contributed by atoms with Gasteiger partial charge in [0.1, 0.15) is 11.9 Å². The molecular formula is C19H23N5O2S. The van der Waals surface area contributed by atoms with E-state index >= 15 is 0 Å². The molecule has 8 heteroatoms. The van der Waals surface area contributed by atoms with Crippen molar-refractivity contribution in [2.24, 2.45) is 0 Å². The zero-order valence-electron chi connectivity index (χ0n) is 15.5. The molecule has 0 unspecified atom stereocenters. The standard InChI is InChI=1S/C19H23N5O2S/c1-14(2)23-12-20-24(19(23)27)13-21-7-9-22(10-8-21)18(25)17-11-15-5-3-4-6-16(15)26-17/h3-6,11-12,14H,7-10,13H2,1-2H3. The minimum Gasteiger partial charge on any atom is -0.451 e. The van der Waals surface area contributed by atoms with Crippen molar-refractivity contribution in [3.8, 4) is 0 Å². The van der Waals surface area contributed by atoms with Crippen molar-refractivity contribution >= 4 is 29.1 Å². The molecule has 1 fully saturated rings. The number of hydrogen-bond donors (Lipinski definition) is 0. The Bertz CT molecular complexity index is 977. The molecule has 7 nitrogen and oxygen atoms in total. The van der Waals surface area contributed by atoms with Gasteiger partial charge in [-0.1, -0.05) is 18.2 Å². The molecule has 1 aromatic carbocycles. The van der Waals surface area contributed by atoms with Crippen LogP contribution in [0.15, 0.2) is 41.1 Å². The highest BCUT2D eigenvalue weighted by atomic mass is 32.1. The Morgan fingerprint density at radius 2 is 1.96 bits per heavy atom. The third kappa shape index (κ3) is 3.54. The van der Waals surface area contributed by atoms with E-state index in [1.807, 2.05) is 44.5 Å². The highest BCUT2D eigenvalue weighted by Gasteiger charge is 2.25. The lowest BCUT2D eigenvalue weighted by atomic mass is 10.2. The largest absolute Gasteiger partial charge is 0.451 e. The number of carbonyl (C=O) groups is 1. The summed E-state index contributed by atoms with van der Waals surface area (Å²) in [6, 6.07) is 9.80. The summed E-state index contributed by atoms with van der Waals surface area (Å²) in [5.74, 6) is 0.356. The zero-order chi connectivity index (χ0) is 19.0. The van der Waals surface area contributed by atoms with Gasteiger partial charge < -0.3 is 13.9 Å². The highest BCUT2D eigenvalue weighted by molar-refractivity contribution is 7.71. The number of fused-ring (bicyclic) bond motifs is 1. The highest BCUT2D eigenvalue weighted by Crippen LogP contribution is 2.20. The molecule has 0 radical (unpaired) electrons. The van der Waals surface area contributed by atoms with E-state index in [1.54, 1.807) is 6.33 Å². The Morgan fingerprint density at radius 3 is 2.63 bits per heavy atom. The molecule has 0 atom stereocenters. The molecule has 0 saturated carbocycles. The lowest BCUT2D eigenvalue weighted by molar-refractivity contribution is 0.0558. The molecule has 0 aliphatic carbocycles. The van der Waals surface area contributed by atoms with Gasteiger partial charge in [-0.3, -0.25) is 9.69 Å². The van der Waals surface area contributed by atoms with Gasteiger partial charge in [0.05, 0.1) is 6.67 Å². The summed E-state index contributed by atoms with van der Waals surface area (Å²) in [4.78, 5) is 16.9. The molecule has 1 amide bonds. The second-order valence-corrected chi connectivity index (χ2v) is 7.48. The van der Waals surface area contributed by atoms with Gasteiger partial charge in [0.25, 0.3) is 5.91 Å². The number of nitrogens with zero attached hydrogens (tertiary/aromatic N) is 5. The summed E-state index contributed by atoms with van der Waals surface area (Å²) >= 11 is 5.49. The van der Waals surface area contributed by atoms with Crippen molar-refractivity contribution in [1.29, 1.82) is 0 Å². The summed E-state index contributed by atoms with van der Waals surface area (Å²) in [5, 5.41) is 5.35. The van der Waals surface area contributed by atoms with Crippen LogP contribution < -0.4 is 0 Å². The molecule has 2 aromatic heterocycles. The molecule has 3 heterocycles. The Balaban J connectivity index is 1.38. The van der Waals surface area contributed by atoms with E-state index in [2.05, 4.69) is 23.8 Å². The van der Waals surface area contributed by atoms with Gasteiger partial charge in [0.15, 0.2) is 10.5 Å². The monoisotopic (exact) mass is 385 g/mol. The molecule has 27 heavy (non-hydrogen) atoms. The lowest BCUT2D eigenvalue weighted by Gasteiger charge is -2.34. The molecule has 1 aliphatic heterocycles. The predicted molar refractivity (Wildman–Crippen MR) is 105 cm³/mol. The Morgan fingerprint density at radius 1 is 1.22 bits per heavy atom. The first-order valence-electron chi connectivity index (χ1n) is 9.17. The van der Waals surface area contributed by atoms with E-state index in [4.69, 9.17) is 16.6 Å². The van der Waals surface area contributed by atoms with Crippen molar-refractivity contribution in [3.05, 3.63) is 47.2 Å². The normalized spacial score (nSPS) is 15.7. The molecular weight excluding hydrogens is 362 g/mol. The number of rotatable bonds is 4. The Kier molecular flexibility index (Phi) is 4.84. The number of benzene rings is 1. The first kappa shape index (κ1) is 17.9. The fraction of sp³-hybridized carbons (Fsp3) is 0.421. The number of furan rings is 1. The second kappa shape index (κ2) is 7.28. The van der Waals surface area contributed by atoms with E-state index in [1.165, 1.54) is 0 Å². The van der Waals surface area contributed by atoms with Crippen LogP contribution in [0.4, 0.5) is 0 Å². The summed E-state index contributed by atoms with van der Waals surface area (Å²) in [7, 11) is 0. The number of aromatic nitrogens is 3.